The molecule has 0 spiro atoms. The molecular weight excluding hydrogens is 366 g/mol. The first-order chi connectivity index (χ1) is 12.0. The predicted octanol–water partition coefficient (Wildman–Crippen LogP) is 4.01. The molecular formula is C15H8F6N4O. The standard InChI is InChI=1S/C15H8F6N4O/c16-14(17,18)8-25(7-13-24-6-11(5-23)26-13)10-2-1-9(4-22)12(3-10)15(19,20)21/h1-3,6H,7-8H2. The summed E-state index contributed by atoms with van der Waals surface area (Å²) in [5, 5.41) is 17.4. The van der Waals surface area contributed by atoms with Crippen LogP contribution in [0.5, 0.6) is 0 Å². The van der Waals surface area contributed by atoms with E-state index in [0.29, 0.717) is 11.0 Å². The summed E-state index contributed by atoms with van der Waals surface area (Å²) in [5.41, 5.74) is -2.49. The number of halogens is 6. The van der Waals surface area contributed by atoms with E-state index in [4.69, 9.17) is 14.9 Å². The van der Waals surface area contributed by atoms with Gasteiger partial charge in [-0.25, -0.2) is 4.98 Å². The zero-order valence-electron chi connectivity index (χ0n) is 12.7. The average Bonchev–Trinajstić information content (AvgIpc) is 2.99. The second-order valence-corrected chi connectivity index (χ2v) is 5.04. The Morgan fingerprint density at radius 2 is 1.77 bits per heavy atom. The van der Waals surface area contributed by atoms with Gasteiger partial charge in [0.1, 0.15) is 12.6 Å². The molecule has 0 atom stereocenters. The Hall–Kier alpha value is -3.21. The molecule has 0 saturated carbocycles. The maximum atomic E-state index is 13.0. The van der Waals surface area contributed by atoms with Gasteiger partial charge in [0, 0.05) is 5.69 Å². The highest BCUT2D eigenvalue weighted by atomic mass is 19.4. The Morgan fingerprint density at radius 1 is 1.08 bits per heavy atom. The van der Waals surface area contributed by atoms with Gasteiger partial charge in [0.2, 0.25) is 11.7 Å². The molecule has 26 heavy (non-hydrogen) atoms. The summed E-state index contributed by atoms with van der Waals surface area (Å²) in [5.74, 6) is -0.522. The summed E-state index contributed by atoms with van der Waals surface area (Å²) >= 11 is 0. The SMILES string of the molecule is N#Cc1cnc(CN(CC(F)(F)F)c2ccc(C#N)c(C(F)(F)F)c2)o1. The third kappa shape index (κ3) is 4.66. The van der Waals surface area contributed by atoms with Crippen LogP contribution in [0.2, 0.25) is 0 Å². The minimum absolute atomic E-state index is 0.247. The molecule has 0 amide bonds. The number of benzene rings is 1. The summed E-state index contributed by atoms with van der Waals surface area (Å²) in [7, 11) is 0. The molecule has 0 bridgehead atoms. The molecule has 0 saturated heterocycles. The number of anilines is 1. The molecule has 1 aromatic heterocycles. The Morgan fingerprint density at radius 3 is 2.27 bits per heavy atom. The van der Waals surface area contributed by atoms with E-state index in [1.807, 2.05) is 0 Å². The number of hydrogen-bond acceptors (Lipinski definition) is 5. The molecule has 0 unspecified atom stereocenters. The van der Waals surface area contributed by atoms with Crippen molar-refractivity contribution in [1.82, 2.24) is 4.98 Å². The summed E-state index contributed by atoms with van der Waals surface area (Å²) in [6.45, 7) is -2.20. The van der Waals surface area contributed by atoms with Crippen LogP contribution in [0.3, 0.4) is 0 Å². The monoisotopic (exact) mass is 374 g/mol. The van der Waals surface area contributed by atoms with Crippen LogP contribution in [0.15, 0.2) is 28.8 Å². The summed E-state index contributed by atoms with van der Waals surface area (Å²) in [4.78, 5) is 4.17. The first kappa shape index (κ1) is 19.1. The van der Waals surface area contributed by atoms with Crippen molar-refractivity contribution in [3.8, 4) is 12.1 Å². The van der Waals surface area contributed by atoms with E-state index in [1.54, 1.807) is 6.07 Å². The molecule has 0 aliphatic rings. The zero-order chi connectivity index (χ0) is 19.5. The van der Waals surface area contributed by atoms with Gasteiger partial charge in [-0.3, -0.25) is 0 Å². The van der Waals surface area contributed by atoms with Crippen molar-refractivity contribution in [2.24, 2.45) is 0 Å². The zero-order valence-corrected chi connectivity index (χ0v) is 12.7. The molecule has 2 rings (SSSR count). The highest BCUT2D eigenvalue weighted by molar-refractivity contribution is 5.55. The second-order valence-electron chi connectivity index (χ2n) is 5.04. The summed E-state index contributed by atoms with van der Waals surface area (Å²) < 4.78 is 82.5. The first-order valence-electron chi connectivity index (χ1n) is 6.81. The van der Waals surface area contributed by atoms with E-state index in [9.17, 15) is 26.3 Å². The van der Waals surface area contributed by atoms with E-state index in [-0.39, 0.29) is 11.7 Å². The highest BCUT2D eigenvalue weighted by Gasteiger charge is 2.36. The molecule has 0 fully saturated rings. The van der Waals surface area contributed by atoms with Crippen LogP contribution in [0.1, 0.15) is 22.8 Å². The lowest BCUT2D eigenvalue weighted by atomic mass is 10.1. The van der Waals surface area contributed by atoms with Gasteiger partial charge >= 0.3 is 12.4 Å². The van der Waals surface area contributed by atoms with Gasteiger partial charge in [0.05, 0.1) is 29.9 Å². The maximum Gasteiger partial charge on any atom is 0.417 e. The number of hydrogen-bond donors (Lipinski definition) is 0. The minimum Gasteiger partial charge on any atom is -0.428 e. The minimum atomic E-state index is -4.91. The first-order valence-corrected chi connectivity index (χ1v) is 6.81. The fraction of sp³-hybridized carbons (Fsp3) is 0.267. The van der Waals surface area contributed by atoms with Crippen LogP contribution in [-0.2, 0) is 12.7 Å². The molecule has 136 valence electrons. The fourth-order valence-electron chi connectivity index (χ4n) is 2.11. The topological polar surface area (TPSA) is 76.8 Å². The molecule has 1 heterocycles. The van der Waals surface area contributed by atoms with Crippen molar-refractivity contribution in [1.29, 1.82) is 10.5 Å². The van der Waals surface area contributed by atoms with Gasteiger partial charge in [-0.2, -0.15) is 36.9 Å². The van der Waals surface area contributed by atoms with Crippen molar-refractivity contribution >= 4 is 5.69 Å². The largest absolute Gasteiger partial charge is 0.428 e. The van der Waals surface area contributed by atoms with Crippen molar-refractivity contribution < 1.29 is 30.8 Å². The van der Waals surface area contributed by atoms with Crippen LogP contribution < -0.4 is 4.90 Å². The lowest BCUT2D eigenvalue weighted by molar-refractivity contribution is -0.137. The molecule has 5 nitrogen and oxygen atoms in total. The predicted molar refractivity (Wildman–Crippen MR) is 74.5 cm³/mol. The number of aromatic nitrogens is 1. The molecule has 1 aromatic carbocycles. The smallest absolute Gasteiger partial charge is 0.417 e. The summed E-state index contributed by atoms with van der Waals surface area (Å²) in [6, 6.07) is 5.16. The van der Waals surface area contributed by atoms with E-state index in [0.717, 1.165) is 18.3 Å². The third-order valence-corrected chi connectivity index (χ3v) is 3.15. The van der Waals surface area contributed by atoms with Crippen LogP contribution in [0.4, 0.5) is 32.0 Å². The van der Waals surface area contributed by atoms with Gasteiger partial charge in [0.25, 0.3) is 0 Å². The quantitative estimate of drug-likeness (QED) is 0.756. The van der Waals surface area contributed by atoms with Crippen LogP contribution in [0, 0.1) is 22.7 Å². The van der Waals surface area contributed by atoms with Gasteiger partial charge in [-0.05, 0) is 18.2 Å². The van der Waals surface area contributed by atoms with Gasteiger partial charge in [0.15, 0.2) is 0 Å². The Balaban J connectivity index is 2.45. The number of alkyl halides is 6. The molecule has 0 aliphatic heterocycles. The normalized spacial score (nSPS) is 11.7. The van der Waals surface area contributed by atoms with Gasteiger partial charge in [-0.1, -0.05) is 0 Å². The maximum absolute atomic E-state index is 13.0. The van der Waals surface area contributed by atoms with Crippen molar-refractivity contribution in [3.63, 3.8) is 0 Å². The van der Waals surface area contributed by atoms with E-state index < -0.39 is 42.3 Å². The van der Waals surface area contributed by atoms with E-state index >= 15 is 0 Å². The average molecular weight is 374 g/mol. The molecule has 0 aliphatic carbocycles. The van der Waals surface area contributed by atoms with Crippen LogP contribution in [-0.4, -0.2) is 17.7 Å². The number of oxazole rings is 1. The van der Waals surface area contributed by atoms with Crippen LogP contribution >= 0.6 is 0 Å². The lowest BCUT2D eigenvalue weighted by Crippen LogP contribution is -2.34. The lowest BCUT2D eigenvalue weighted by Gasteiger charge is -2.25. The Labute approximate surface area is 142 Å². The fourth-order valence-corrected chi connectivity index (χ4v) is 2.11. The molecule has 0 radical (unpaired) electrons. The van der Waals surface area contributed by atoms with Crippen LogP contribution in [0.25, 0.3) is 0 Å². The van der Waals surface area contributed by atoms with Gasteiger partial charge in [-0.15, -0.1) is 0 Å². The molecule has 2 aromatic rings. The second kappa shape index (κ2) is 6.96. The number of nitrogens with zero attached hydrogens (tertiary/aromatic N) is 4. The Bertz CT molecular complexity index is 872. The van der Waals surface area contributed by atoms with E-state index in [2.05, 4.69) is 4.98 Å². The Kier molecular flexibility index (Phi) is 5.12. The van der Waals surface area contributed by atoms with E-state index in [1.165, 1.54) is 6.07 Å². The summed E-state index contributed by atoms with van der Waals surface area (Å²) in [6.07, 6.45) is -8.65. The van der Waals surface area contributed by atoms with Gasteiger partial charge < -0.3 is 9.32 Å². The highest BCUT2D eigenvalue weighted by Crippen LogP contribution is 2.35. The van der Waals surface area contributed by atoms with Crippen molar-refractivity contribution in [3.05, 3.63) is 47.2 Å². The molecule has 0 N–H and O–H groups in total. The molecule has 11 heteroatoms. The third-order valence-electron chi connectivity index (χ3n) is 3.15. The van der Waals surface area contributed by atoms with Crippen molar-refractivity contribution in [2.45, 2.75) is 18.9 Å². The number of nitriles is 2. The van der Waals surface area contributed by atoms with Crippen molar-refractivity contribution in [2.75, 3.05) is 11.4 Å². The number of rotatable bonds is 4.